The Kier molecular flexibility index (Phi) is 4.28. The zero-order chi connectivity index (χ0) is 17.3. The van der Waals surface area contributed by atoms with E-state index in [2.05, 4.69) is 15.6 Å². The van der Waals surface area contributed by atoms with Gasteiger partial charge in [-0.25, -0.2) is 8.78 Å². The lowest BCUT2D eigenvalue weighted by molar-refractivity contribution is -0.125. The molecule has 1 N–H and O–H groups in total. The van der Waals surface area contributed by atoms with Crippen molar-refractivity contribution in [1.82, 2.24) is 9.78 Å². The maximum Gasteiger partial charge on any atom is 0.268 e. The third-order valence-corrected chi connectivity index (χ3v) is 3.73. The van der Waals surface area contributed by atoms with E-state index < -0.39 is 23.6 Å². The van der Waals surface area contributed by atoms with Gasteiger partial charge in [-0.1, -0.05) is 5.16 Å². The largest absolute Gasteiger partial charge is 0.382 e. The van der Waals surface area contributed by atoms with E-state index in [1.807, 2.05) is 20.0 Å². The highest BCUT2D eigenvalue weighted by atomic mass is 19.1. The molecule has 0 unspecified atom stereocenters. The van der Waals surface area contributed by atoms with Crippen LogP contribution in [-0.2, 0) is 16.2 Å². The average Bonchev–Trinajstić information content (AvgIpc) is 3.17. The summed E-state index contributed by atoms with van der Waals surface area (Å²) in [6.07, 6.45) is 1.18. The maximum atomic E-state index is 13.6. The first-order valence-corrected chi connectivity index (χ1v) is 7.51. The first kappa shape index (κ1) is 16.1. The summed E-state index contributed by atoms with van der Waals surface area (Å²) in [5.41, 5.74) is 1.97. The van der Waals surface area contributed by atoms with Crippen LogP contribution in [0.3, 0.4) is 0 Å². The van der Waals surface area contributed by atoms with Crippen LogP contribution in [0.15, 0.2) is 29.6 Å². The molecule has 2 aromatic rings. The van der Waals surface area contributed by atoms with Gasteiger partial charge < -0.3 is 10.2 Å². The number of aryl methyl sites for hydroxylation is 2. The summed E-state index contributed by atoms with van der Waals surface area (Å²) in [6, 6.07) is 2.84. The second-order valence-electron chi connectivity index (χ2n) is 5.43. The molecule has 1 aromatic carbocycles. The standard InChI is InChI=1S/C16H16F2N4O2/c1-3-22-8-11(9(2)20-22)13-7-15(24-21-13)16(23)19-14-6-10(17)4-5-12(14)18/h4-6,8,15H,3,7H2,1-2H3,(H,19,23)/t15-/m0/s1. The van der Waals surface area contributed by atoms with Crippen LogP contribution in [0, 0.1) is 18.6 Å². The number of oxime groups is 1. The van der Waals surface area contributed by atoms with Gasteiger partial charge in [0.05, 0.1) is 17.1 Å². The molecule has 0 fully saturated rings. The Bertz CT molecular complexity index is 816. The third kappa shape index (κ3) is 3.12. The molecule has 2 heterocycles. The van der Waals surface area contributed by atoms with Gasteiger partial charge >= 0.3 is 0 Å². The fourth-order valence-corrected chi connectivity index (χ4v) is 2.45. The third-order valence-electron chi connectivity index (χ3n) is 3.73. The van der Waals surface area contributed by atoms with Crippen molar-refractivity contribution in [3.05, 3.63) is 47.3 Å². The Morgan fingerprint density at radius 1 is 1.46 bits per heavy atom. The first-order valence-electron chi connectivity index (χ1n) is 7.51. The molecule has 1 atom stereocenters. The van der Waals surface area contributed by atoms with Crippen LogP contribution in [0.5, 0.6) is 0 Å². The minimum absolute atomic E-state index is 0.230. The van der Waals surface area contributed by atoms with Crippen molar-refractivity contribution in [3.63, 3.8) is 0 Å². The molecular formula is C16H16F2N4O2. The van der Waals surface area contributed by atoms with Gasteiger partial charge in [-0.05, 0) is 26.0 Å². The molecule has 0 radical (unpaired) electrons. The zero-order valence-electron chi connectivity index (χ0n) is 13.2. The summed E-state index contributed by atoms with van der Waals surface area (Å²) >= 11 is 0. The lowest BCUT2D eigenvalue weighted by atomic mass is 10.1. The highest BCUT2D eigenvalue weighted by Crippen LogP contribution is 2.21. The molecule has 1 aliphatic rings. The maximum absolute atomic E-state index is 13.6. The molecule has 24 heavy (non-hydrogen) atoms. The van der Waals surface area contributed by atoms with Crippen LogP contribution in [0.25, 0.3) is 0 Å². The van der Waals surface area contributed by atoms with Gasteiger partial charge in [0.25, 0.3) is 5.91 Å². The van der Waals surface area contributed by atoms with Gasteiger partial charge in [0.1, 0.15) is 11.6 Å². The molecule has 0 saturated carbocycles. The minimum atomic E-state index is -0.896. The molecule has 8 heteroatoms. The lowest BCUT2D eigenvalue weighted by Crippen LogP contribution is -2.28. The van der Waals surface area contributed by atoms with Crippen molar-refractivity contribution < 1.29 is 18.4 Å². The van der Waals surface area contributed by atoms with Crippen LogP contribution in [0.2, 0.25) is 0 Å². The number of hydrogen-bond acceptors (Lipinski definition) is 4. The number of carbonyl (C=O) groups excluding carboxylic acids is 1. The Morgan fingerprint density at radius 3 is 2.96 bits per heavy atom. The number of nitrogens with one attached hydrogen (secondary N) is 1. The van der Waals surface area contributed by atoms with E-state index in [9.17, 15) is 13.6 Å². The van der Waals surface area contributed by atoms with Gasteiger partial charge in [-0.3, -0.25) is 9.48 Å². The highest BCUT2D eigenvalue weighted by Gasteiger charge is 2.30. The van der Waals surface area contributed by atoms with E-state index in [1.54, 1.807) is 4.68 Å². The first-order chi connectivity index (χ1) is 11.5. The molecule has 1 aromatic heterocycles. The molecule has 126 valence electrons. The molecular weight excluding hydrogens is 318 g/mol. The number of anilines is 1. The number of rotatable bonds is 4. The summed E-state index contributed by atoms with van der Waals surface area (Å²) in [5, 5.41) is 10.6. The molecule has 1 aliphatic heterocycles. The monoisotopic (exact) mass is 334 g/mol. The Balaban J connectivity index is 1.69. The van der Waals surface area contributed by atoms with Crippen molar-refractivity contribution in [2.45, 2.75) is 32.9 Å². The smallest absolute Gasteiger partial charge is 0.268 e. The molecule has 0 aliphatic carbocycles. The normalized spacial score (nSPS) is 16.7. The summed E-state index contributed by atoms with van der Waals surface area (Å²) in [6.45, 7) is 4.53. The van der Waals surface area contributed by atoms with Gasteiger partial charge in [0.2, 0.25) is 6.10 Å². The predicted octanol–water partition coefficient (Wildman–Crippen LogP) is 2.62. The highest BCUT2D eigenvalue weighted by molar-refractivity contribution is 6.06. The van der Waals surface area contributed by atoms with Gasteiger partial charge in [0.15, 0.2) is 0 Å². The number of benzene rings is 1. The van der Waals surface area contributed by atoms with E-state index >= 15 is 0 Å². The topological polar surface area (TPSA) is 68.5 Å². The van der Waals surface area contributed by atoms with Gasteiger partial charge in [0, 0.05) is 30.8 Å². The molecule has 0 saturated heterocycles. The fourth-order valence-electron chi connectivity index (χ4n) is 2.45. The predicted molar refractivity (Wildman–Crippen MR) is 83.7 cm³/mol. The van der Waals surface area contributed by atoms with Crippen LogP contribution in [0.1, 0.15) is 24.6 Å². The van der Waals surface area contributed by atoms with Gasteiger partial charge in [-0.2, -0.15) is 5.10 Å². The Hall–Kier alpha value is -2.77. The van der Waals surface area contributed by atoms with E-state index in [-0.39, 0.29) is 12.1 Å². The fraction of sp³-hybridized carbons (Fsp3) is 0.312. The van der Waals surface area contributed by atoms with Crippen LogP contribution in [-0.4, -0.2) is 27.5 Å². The average molecular weight is 334 g/mol. The molecule has 0 bridgehead atoms. The summed E-state index contributed by atoms with van der Waals surface area (Å²) in [5.74, 6) is -1.94. The van der Waals surface area contributed by atoms with Crippen LogP contribution in [0.4, 0.5) is 14.5 Å². The molecule has 0 spiro atoms. The SMILES string of the molecule is CCn1cc(C2=NO[C@H](C(=O)Nc3cc(F)ccc3F)C2)c(C)n1. The van der Waals surface area contributed by atoms with E-state index in [0.29, 0.717) is 5.71 Å². The van der Waals surface area contributed by atoms with Crippen molar-refractivity contribution >= 4 is 17.3 Å². The molecule has 3 rings (SSSR count). The Labute approximate surface area is 137 Å². The van der Waals surface area contributed by atoms with Crippen molar-refractivity contribution in [2.75, 3.05) is 5.32 Å². The van der Waals surface area contributed by atoms with Crippen LogP contribution < -0.4 is 5.32 Å². The van der Waals surface area contributed by atoms with E-state index in [0.717, 1.165) is 36.0 Å². The quantitative estimate of drug-likeness (QED) is 0.934. The second-order valence-corrected chi connectivity index (χ2v) is 5.43. The number of nitrogens with zero attached hydrogens (tertiary/aromatic N) is 3. The summed E-state index contributed by atoms with van der Waals surface area (Å²) in [7, 11) is 0. The summed E-state index contributed by atoms with van der Waals surface area (Å²) in [4.78, 5) is 17.3. The molecule has 1 amide bonds. The number of amides is 1. The lowest BCUT2D eigenvalue weighted by Gasteiger charge is -2.10. The Morgan fingerprint density at radius 2 is 2.25 bits per heavy atom. The van der Waals surface area contributed by atoms with E-state index in [1.165, 1.54) is 0 Å². The van der Waals surface area contributed by atoms with Gasteiger partial charge in [-0.15, -0.1) is 0 Å². The second kappa shape index (κ2) is 6.38. The number of carbonyl (C=O) groups is 1. The molecule has 6 nitrogen and oxygen atoms in total. The van der Waals surface area contributed by atoms with Crippen molar-refractivity contribution in [3.8, 4) is 0 Å². The van der Waals surface area contributed by atoms with E-state index in [4.69, 9.17) is 4.84 Å². The number of aromatic nitrogens is 2. The van der Waals surface area contributed by atoms with Crippen LogP contribution >= 0.6 is 0 Å². The summed E-state index contributed by atoms with van der Waals surface area (Å²) < 4.78 is 28.5. The minimum Gasteiger partial charge on any atom is -0.382 e. The van der Waals surface area contributed by atoms with Crippen molar-refractivity contribution in [1.29, 1.82) is 0 Å². The number of hydrogen-bond donors (Lipinski definition) is 1. The van der Waals surface area contributed by atoms with Crippen molar-refractivity contribution in [2.24, 2.45) is 5.16 Å². The number of halogens is 2. The zero-order valence-corrected chi connectivity index (χ0v) is 13.2.